The van der Waals surface area contributed by atoms with E-state index in [0.717, 1.165) is 4.47 Å². The minimum Gasteiger partial charge on any atom is -0.497 e. The Morgan fingerprint density at radius 3 is 2.84 bits per heavy atom. The van der Waals surface area contributed by atoms with Gasteiger partial charge in [-0.2, -0.15) is 0 Å². The second-order valence-corrected chi connectivity index (χ2v) is 5.91. The molecule has 0 fully saturated rings. The van der Waals surface area contributed by atoms with Gasteiger partial charge in [0.2, 0.25) is 0 Å². The number of hydrogen-bond donors (Lipinski definition) is 1. The van der Waals surface area contributed by atoms with E-state index in [1.807, 2.05) is 30.5 Å². The highest BCUT2D eigenvalue weighted by molar-refractivity contribution is 9.10. The summed E-state index contributed by atoms with van der Waals surface area (Å²) in [4.78, 5) is 13.3. The lowest BCUT2D eigenvalue weighted by molar-refractivity contribution is 0.0950. The highest BCUT2D eigenvalue weighted by Gasteiger charge is 2.11. The van der Waals surface area contributed by atoms with Crippen LogP contribution in [0.15, 0.2) is 34.1 Å². The Hall–Kier alpha value is -1.33. The zero-order valence-corrected chi connectivity index (χ0v) is 13.1. The van der Waals surface area contributed by atoms with Gasteiger partial charge < -0.3 is 10.1 Å². The van der Waals surface area contributed by atoms with Crippen LogP contribution in [0.2, 0.25) is 0 Å². The van der Waals surface area contributed by atoms with E-state index < -0.39 is 0 Å². The normalized spacial score (nSPS) is 10.3. The first-order valence-corrected chi connectivity index (χ1v) is 7.44. The van der Waals surface area contributed by atoms with Gasteiger partial charge in [-0.05, 0) is 58.1 Å². The van der Waals surface area contributed by atoms with Crippen molar-refractivity contribution in [2.75, 3.05) is 7.11 Å². The maximum atomic E-state index is 12.1. The molecule has 1 heterocycles. The van der Waals surface area contributed by atoms with Gasteiger partial charge in [-0.25, -0.2) is 0 Å². The lowest BCUT2D eigenvalue weighted by Crippen LogP contribution is -2.23. The summed E-state index contributed by atoms with van der Waals surface area (Å²) in [6.45, 7) is 2.59. The fourth-order valence-corrected chi connectivity index (χ4v) is 2.92. The Morgan fingerprint density at radius 1 is 1.42 bits per heavy atom. The van der Waals surface area contributed by atoms with Crippen LogP contribution >= 0.6 is 27.3 Å². The molecule has 100 valence electrons. The quantitative estimate of drug-likeness (QED) is 0.920. The standard InChI is InChI=1S/C14H14BrNO2S/c1-9-5-6-19-13(9)8-16-14(17)11-7-10(18-2)3-4-12(11)15/h3-7H,8H2,1-2H3,(H,16,17). The summed E-state index contributed by atoms with van der Waals surface area (Å²) >= 11 is 5.03. The van der Waals surface area contributed by atoms with Crippen molar-refractivity contribution in [1.29, 1.82) is 0 Å². The SMILES string of the molecule is COc1ccc(Br)c(C(=O)NCc2sccc2C)c1. The van der Waals surface area contributed by atoms with Gasteiger partial charge >= 0.3 is 0 Å². The van der Waals surface area contributed by atoms with Crippen molar-refractivity contribution in [3.63, 3.8) is 0 Å². The van der Waals surface area contributed by atoms with Gasteiger partial charge in [0.25, 0.3) is 5.91 Å². The molecule has 0 aliphatic heterocycles. The van der Waals surface area contributed by atoms with E-state index in [9.17, 15) is 4.79 Å². The van der Waals surface area contributed by atoms with Crippen LogP contribution in [0.3, 0.4) is 0 Å². The Kier molecular flexibility index (Phi) is 4.61. The Labute approximate surface area is 124 Å². The molecule has 2 rings (SSSR count). The number of thiophene rings is 1. The minimum absolute atomic E-state index is 0.112. The molecule has 5 heteroatoms. The van der Waals surface area contributed by atoms with Gasteiger partial charge in [-0.1, -0.05) is 0 Å². The zero-order chi connectivity index (χ0) is 13.8. The average Bonchev–Trinajstić information content (AvgIpc) is 2.82. The maximum absolute atomic E-state index is 12.1. The van der Waals surface area contributed by atoms with Gasteiger partial charge in [-0.15, -0.1) is 11.3 Å². The fourth-order valence-electron chi connectivity index (χ4n) is 1.65. The Balaban J connectivity index is 2.10. The van der Waals surface area contributed by atoms with Crippen molar-refractivity contribution in [2.24, 2.45) is 0 Å². The van der Waals surface area contributed by atoms with Crippen LogP contribution in [-0.4, -0.2) is 13.0 Å². The smallest absolute Gasteiger partial charge is 0.252 e. The largest absolute Gasteiger partial charge is 0.497 e. The summed E-state index contributed by atoms with van der Waals surface area (Å²) in [7, 11) is 1.58. The molecule has 0 atom stereocenters. The molecule has 1 amide bonds. The number of benzene rings is 1. The van der Waals surface area contributed by atoms with E-state index in [2.05, 4.69) is 21.2 Å². The van der Waals surface area contributed by atoms with E-state index in [1.54, 1.807) is 24.5 Å². The number of halogens is 1. The Bertz CT molecular complexity index is 595. The molecule has 0 bridgehead atoms. The molecule has 1 N–H and O–H groups in total. The van der Waals surface area contributed by atoms with Crippen molar-refractivity contribution < 1.29 is 9.53 Å². The minimum atomic E-state index is -0.112. The van der Waals surface area contributed by atoms with E-state index in [1.165, 1.54) is 10.4 Å². The molecule has 0 saturated carbocycles. The topological polar surface area (TPSA) is 38.3 Å². The fraction of sp³-hybridized carbons (Fsp3) is 0.214. The Morgan fingerprint density at radius 2 is 2.21 bits per heavy atom. The summed E-state index contributed by atoms with van der Waals surface area (Å²) < 4.78 is 5.89. The van der Waals surface area contributed by atoms with Gasteiger partial charge in [0.05, 0.1) is 19.2 Å². The number of ether oxygens (including phenoxy) is 1. The molecule has 1 aromatic carbocycles. The lowest BCUT2D eigenvalue weighted by Gasteiger charge is -2.08. The number of carbonyl (C=O) groups is 1. The van der Waals surface area contributed by atoms with E-state index in [0.29, 0.717) is 17.9 Å². The average molecular weight is 340 g/mol. The molecule has 0 aliphatic rings. The number of carbonyl (C=O) groups excluding carboxylic acids is 1. The van der Waals surface area contributed by atoms with Crippen molar-refractivity contribution in [1.82, 2.24) is 5.32 Å². The molecule has 0 spiro atoms. The number of aryl methyl sites for hydroxylation is 1. The monoisotopic (exact) mass is 339 g/mol. The first-order valence-electron chi connectivity index (χ1n) is 5.76. The predicted octanol–water partition coefficient (Wildman–Crippen LogP) is 3.76. The molecule has 0 unspecified atom stereocenters. The van der Waals surface area contributed by atoms with Crippen LogP contribution in [0, 0.1) is 6.92 Å². The molecule has 0 radical (unpaired) electrons. The summed E-state index contributed by atoms with van der Waals surface area (Å²) in [6, 6.07) is 7.39. The summed E-state index contributed by atoms with van der Waals surface area (Å²) in [5.41, 5.74) is 1.78. The molecule has 0 aliphatic carbocycles. The van der Waals surface area contributed by atoms with Crippen LogP contribution in [0.1, 0.15) is 20.8 Å². The van der Waals surface area contributed by atoms with Crippen LogP contribution in [0.4, 0.5) is 0 Å². The second-order valence-electron chi connectivity index (χ2n) is 4.06. The molecular weight excluding hydrogens is 326 g/mol. The van der Waals surface area contributed by atoms with E-state index >= 15 is 0 Å². The van der Waals surface area contributed by atoms with Crippen LogP contribution in [-0.2, 0) is 6.54 Å². The zero-order valence-electron chi connectivity index (χ0n) is 10.7. The molecule has 0 saturated heterocycles. The van der Waals surface area contributed by atoms with E-state index in [4.69, 9.17) is 4.74 Å². The molecule has 1 aromatic heterocycles. The second kappa shape index (κ2) is 6.21. The summed E-state index contributed by atoms with van der Waals surface area (Å²) in [5.74, 6) is 0.555. The number of methoxy groups -OCH3 is 1. The third kappa shape index (κ3) is 3.36. The third-order valence-electron chi connectivity index (χ3n) is 2.80. The number of hydrogen-bond acceptors (Lipinski definition) is 3. The van der Waals surface area contributed by atoms with Gasteiger partial charge in [-0.3, -0.25) is 4.79 Å². The third-order valence-corrected chi connectivity index (χ3v) is 4.51. The van der Waals surface area contributed by atoms with Crippen molar-refractivity contribution in [2.45, 2.75) is 13.5 Å². The lowest BCUT2D eigenvalue weighted by atomic mass is 10.2. The van der Waals surface area contributed by atoms with Crippen molar-refractivity contribution in [3.05, 3.63) is 50.1 Å². The first-order chi connectivity index (χ1) is 9.11. The summed E-state index contributed by atoms with van der Waals surface area (Å²) in [6.07, 6.45) is 0. The van der Waals surface area contributed by atoms with Gasteiger partial charge in [0.1, 0.15) is 5.75 Å². The van der Waals surface area contributed by atoms with Gasteiger partial charge in [0.15, 0.2) is 0 Å². The van der Waals surface area contributed by atoms with Crippen LogP contribution in [0.25, 0.3) is 0 Å². The summed E-state index contributed by atoms with van der Waals surface area (Å²) in [5, 5.41) is 4.95. The predicted molar refractivity (Wildman–Crippen MR) is 80.9 cm³/mol. The van der Waals surface area contributed by atoms with Crippen LogP contribution in [0.5, 0.6) is 5.75 Å². The van der Waals surface area contributed by atoms with Gasteiger partial charge in [0, 0.05) is 9.35 Å². The van der Waals surface area contributed by atoms with Crippen LogP contribution < -0.4 is 10.1 Å². The molecule has 2 aromatic rings. The molecule has 19 heavy (non-hydrogen) atoms. The molecular formula is C14H14BrNO2S. The number of rotatable bonds is 4. The highest BCUT2D eigenvalue weighted by atomic mass is 79.9. The highest BCUT2D eigenvalue weighted by Crippen LogP contribution is 2.22. The van der Waals surface area contributed by atoms with Crippen molar-refractivity contribution >= 4 is 33.2 Å². The number of nitrogens with one attached hydrogen (secondary N) is 1. The number of amides is 1. The first kappa shape index (κ1) is 14.1. The molecule has 3 nitrogen and oxygen atoms in total. The maximum Gasteiger partial charge on any atom is 0.252 e. The van der Waals surface area contributed by atoms with Crippen molar-refractivity contribution in [3.8, 4) is 5.75 Å². The van der Waals surface area contributed by atoms with E-state index in [-0.39, 0.29) is 5.91 Å².